The lowest BCUT2D eigenvalue weighted by molar-refractivity contribution is -0.119. The van der Waals surface area contributed by atoms with Crippen molar-refractivity contribution >= 4 is 17.6 Å². The molecule has 5 rings (SSSR count). The Morgan fingerprint density at radius 3 is 1.92 bits per heavy atom. The molecule has 36 heavy (non-hydrogen) atoms. The standard InChI is InChI=1S/C28H29N3O5/c1-4-36-28(33)19-5-11-20(12-6-19)31-26(18-9-15-22(35-3)16-10-18)23-24(29-30-25(23)27(31)32)17-7-13-21(34-2)14-8-17/h5-16,23-26,29-30H,4H2,1-3H3. The Balaban J connectivity index is 1.55. The first kappa shape index (κ1) is 23.8. The molecule has 0 radical (unpaired) electrons. The molecule has 4 unspecified atom stereocenters. The zero-order chi connectivity index (χ0) is 25.2. The van der Waals surface area contributed by atoms with E-state index in [0.717, 1.165) is 28.3 Å². The zero-order valence-corrected chi connectivity index (χ0v) is 20.4. The number of fused-ring (bicyclic) bond motifs is 1. The average molecular weight is 488 g/mol. The monoisotopic (exact) mass is 487 g/mol. The maximum absolute atomic E-state index is 13.8. The van der Waals surface area contributed by atoms with E-state index in [9.17, 15) is 9.59 Å². The molecule has 2 aliphatic heterocycles. The third-order valence-electron chi connectivity index (χ3n) is 6.90. The third-order valence-corrected chi connectivity index (χ3v) is 6.90. The summed E-state index contributed by atoms with van der Waals surface area (Å²) in [6, 6.07) is 21.9. The lowest BCUT2D eigenvalue weighted by Crippen LogP contribution is -2.41. The molecule has 3 aromatic carbocycles. The second-order valence-corrected chi connectivity index (χ2v) is 8.79. The van der Waals surface area contributed by atoms with Gasteiger partial charge in [-0.2, -0.15) is 0 Å². The van der Waals surface area contributed by atoms with Crippen LogP contribution in [0, 0.1) is 5.92 Å². The topological polar surface area (TPSA) is 89.1 Å². The van der Waals surface area contributed by atoms with Crippen molar-refractivity contribution in [2.24, 2.45) is 5.92 Å². The molecule has 4 atom stereocenters. The summed E-state index contributed by atoms with van der Waals surface area (Å²) in [4.78, 5) is 27.8. The summed E-state index contributed by atoms with van der Waals surface area (Å²) in [5, 5.41) is 0. The van der Waals surface area contributed by atoms with Crippen LogP contribution in [0.2, 0.25) is 0 Å². The van der Waals surface area contributed by atoms with Gasteiger partial charge < -0.3 is 19.1 Å². The van der Waals surface area contributed by atoms with Crippen LogP contribution in [0.1, 0.15) is 40.5 Å². The van der Waals surface area contributed by atoms with Crippen molar-refractivity contribution in [1.29, 1.82) is 0 Å². The molecular weight excluding hydrogens is 458 g/mol. The highest BCUT2D eigenvalue weighted by Crippen LogP contribution is 2.49. The molecule has 2 heterocycles. The molecule has 8 heteroatoms. The molecule has 2 saturated heterocycles. The van der Waals surface area contributed by atoms with Crippen LogP contribution in [-0.2, 0) is 9.53 Å². The van der Waals surface area contributed by atoms with Crippen molar-refractivity contribution in [3.63, 3.8) is 0 Å². The number of amides is 1. The summed E-state index contributed by atoms with van der Waals surface area (Å²) in [7, 11) is 3.27. The molecule has 0 aliphatic carbocycles. The van der Waals surface area contributed by atoms with Gasteiger partial charge in [-0.15, -0.1) is 0 Å². The summed E-state index contributed by atoms with van der Waals surface area (Å²) >= 11 is 0. The maximum Gasteiger partial charge on any atom is 0.338 e. The van der Waals surface area contributed by atoms with Gasteiger partial charge in [0.1, 0.15) is 17.5 Å². The number of rotatable bonds is 7. The van der Waals surface area contributed by atoms with Crippen LogP contribution in [-0.4, -0.2) is 38.7 Å². The van der Waals surface area contributed by atoms with Gasteiger partial charge in [0.15, 0.2) is 0 Å². The number of ether oxygens (including phenoxy) is 3. The quantitative estimate of drug-likeness (QED) is 0.490. The first-order chi connectivity index (χ1) is 17.5. The lowest BCUT2D eigenvalue weighted by atomic mass is 9.83. The van der Waals surface area contributed by atoms with E-state index in [2.05, 4.69) is 10.9 Å². The SMILES string of the molecule is CCOC(=O)c1ccc(N2C(=O)C3NNC(c4ccc(OC)cc4)C3C2c2ccc(OC)cc2)cc1. The molecule has 8 nitrogen and oxygen atoms in total. The van der Waals surface area contributed by atoms with Crippen LogP contribution in [0.4, 0.5) is 5.69 Å². The van der Waals surface area contributed by atoms with Gasteiger partial charge in [-0.1, -0.05) is 24.3 Å². The van der Waals surface area contributed by atoms with Crippen molar-refractivity contribution in [3.8, 4) is 11.5 Å². The minimum atomic E-state index is -0.422. The summed E-state index contributed by atoms with van der Waals surface area (Å²) in [6.45, 7) is 2.08. The normalized spacial score (nSPS) is 22.9. The number of anilines is 1. The first-order valence-electron chi connectivity index (χ1n) is 11.9. The van der Waals surface area contributed by atoms with Crippen molar-refractivity contribution < 1.29 is 23.8 Å². The minimum absolute atomic E-state index is 0.0341. The number of hydrogen-bond donors (Lipinski definition) is 2. The summed E-state index contributed by atoms with van der Waals surface area (Å²) in [5.74, 6) is 1.01. The van der Waals surface area contributed by atoms with Gasteiger partial charge in [0, 0.05) is 11.6 Å². The maximum atomic E-state index is 13.8. The fourth-order valence-electron chi connectivity index (χ4n) is 5.16. The second-order valence-electron chi connectivity index (χ2n) is 8.79. The Morgan fingerprint density at radius 2 is 1.36 bits per heavy atom. The number of esters is 1. The van der Waals surface area contributed by atoms with Crippen molar-refractivity contribution in [1.82, 2.24) is 10.9 Å². The van der Waals surface area contributed by atoms with E-state index in [-0.39, 0.29) is 29.9 Å². The predicted molar refractivity (Wildman–Crippen MR) is 135 cm³/mol. The van der Waals surface area contributed by atoms with Gasteiger partial charge in [0.25, 0.3) is 0 Å². The fourth-order valence-corrected chi connectivity index (χ4v) is 5.16. The number of benzene rings is 3. The number of methoxy groups -OCH3 is 2. The number of nitrogens with zero attached hydrogens (tertiary/aromatic N) is 1. The number of carbonyl (C=O) groups is 2. The molecule has 0 spiro atoms. The van der Waals surface area contributed by atoms with Crippen LogP contribution in [0.5, 0.6) is 11.5 Å². The van der Waals surface area contributed by atoms with E-state index in [4.69, 9.17) is 14.2 Å². The van der Waals surface area contributed by atoms with Gasteiger partial charge in [-0.25, -0.2) is 15.6 Å². The molecule has 0 saturated carbocycles. The van der Waals surface area contributed by atoms with Gasteiger partial charge in [-0.05, 0) is 66.6 Å². The fraction of sp³-hybridized carbons (Fsp3) is 0.286. The zero-order valence-electron chi connectivity index (χ0n) is 20.4. The van der Waals surface area contributed by atoms with Crippen LogP contribution in [0.15, 0.2) is 72.8 Å². The van der Waals surface area contributed by atoms with Crippen molar-refractivity contribution in [2.45, 2.75) is 25.0 Å². The molecule has 3 aromatic rings. The molecule has 0 aromatic heterocycles. The molecule has 186 valence electrons. The molecular formula is C28H29N3O5. The van der Waals surface area contributed by atoms with E-state index in [0.29, 0.717) is 12.2 Å². The molecule has 2 fully saturated rings. The number of hydrogen-bond acceptors (Lipinski definition) is 7. The molecule has 2 aliphatic rings. The Bertz CT molecular complexity index is 1230. The molecule has 0 bridgehead atoms. The van der Waals surface area contributed by atoms with Gasteiger partial charge >= 0.3 is 5.97 Å². The van der Waals surface area contributed by atoms with Crippen molar-refractivity contribution in [3.05, 3.63) is 89.5 Å². The molecule has 2 N–H and O–H groups in total. The predicted octanol–water partition coefficient (Wildman–Crippen LogP) is 3.80. The van der Waals surface area contributed by atoms with E-state index in [1.807, 2.05) is 53.4 Å². The number of hydrazine groups is 1. The van der Waals surface area contributed by atoms with Crippen LogP contribution < -0.4 is 25.2 Å². The highest BCUT2D eigenvalue weighted by molar-refractivity contribution is 6.02. The highest BCUT2D eigenvalue weighted by atomic mass is 16.5. The Kier molecular flexibility index (Phi) is 6.63. The molecule has 1 amide bonds. The first-order valence-corrected chi connectivity index (χ1v) is 11.9. The Labute approximate surface area is 210 Å². The Hall–Kier alpha value is -3.88. The van der Waals surface area contributed by atoms with Gasteiger partial charge in [-0.3, -0.25) is 4.79 Å². The summed E-state index contributed by atoms with van der Waals surface area (Å²) in [5.41, 5.74) is 9.82. The largest absolute Gasteiger partial charge is 0.497 e. The summed E-state index contributed by atoms with van der Waals surface area (Å²) < 4.78 is 15.8. The number of carbonyl (C=O) groups excluding carboxylic acids is 2. The Morgan fingerprint density at radius 1 is 0.806 bits per heavy atom. The smallest absolute Gasteiger partial charge is 0.338 e. The van der Waals surface area contributed by atoms with Crippen LogP contribution in [0.25, 0.3) is 0 Å². The van der Waals surface area contributed by atoms with Gasteiger partial charge in [0.05, 0.1) is 38.5 Å². The van der Waals surface area contributed by atoms with Gasteiger partial charge in [0.2, 0.25) is 5.91 Å². The average Bonchev–Trinajstić information content (AvgIpc) is 3.48. The third kappa shape index (κ3) is 4.19. The van der Waals surface area contributed by atoms with Crippen LogP contribution in [0.3, 0.4) is 0 Å². The van der Waals surface area contributed by atoms with Crippen molar-refractivity contribution in [2.75, 3.05) is 25.7 Å². The summed E-state index contributed by atoms with van der Waals surface area (Å²) in [6.07, 6.45) is 0. The van der Waals surface area contributed by atoms with E-state index in [1.165, 1.54) is 0 Å². The lowest BCUT2D eigenvalue weighted by Gasteiger charge is -2.31. The van der Waals surface area contributed by atoms with Crippen LogP contribution >= 0.6 is 0 Å². The highest BCUT2D eigenvalue weighted by Gasteiger charge is 2.56. The minimum Gasteiger partial charge on any atom is -0.497 e. The van der Waals surface area contributed by atoms with E-state index >= 15 is 0 Å². The van der Waals surface area contributed by atoms with E-state index < -0.39 is 6.04 Å². The van der Waals surface area contributed by atoms with E-state index in [1.54, 1.807) is 45.4 Å². The second kappa shape index (κ2) is 10.0. The number of nitrogens with one attached hydrogen (secondary N) is 2.